The Hall–Kier alpha value is -2.84. The Bertz CT molecular complexity index is 1120. The highest BCUT2D eigenvalue weighted by molar-refractivity contribution is 8.04. The molecular formula is C29H26ClNOPS+. The Kier molecular flexibility index (Phi) is 8.60. The SMILES string of the molecule is O=C(NC(=CSCCCl)[P+](c1ccccc1)(c1ccccc1)c1ccccc1)c1ccccc1. The van der Waals surface area contributed by atoms with Crippen molar-refractivity contribution in [1.82, 2.24) is 5.32 Å². The summed E-state index contributed by atoms with van der Waals surface area (Å²) in [6.45, 7) is 0. The highest BCUT2D eigenvalue weighted by Crippen LogP contribution is 2.61. The topological polar surface area (TPSA) is 29.1 Å². The van der Waals surface area contributed by atoms with Gasteiger partial charge in [0.1, 0.15) is 15.9 Å². The van der Waals surface area contributed by atoms with Gasteiger partial charge in [-0.1, -0.05) is 72.8 Å². The molecule has 0 spiro atoms. The summed E-state index contributed by atoms with van der Waals surface area (Å²) in [6.07, 6.45) is 0. The van der Waals surface area contributed by atoms with Crippen LogP contribution in [0.1, 0.15) is 10.4 Å². The van der Waals surface area contributed by atoms with Crippen LogP contribution in [-0.2, 0) is 0 Å². The van der Waals surface area contributed by atoms with Gasteiger partial charge >= 0.3 is 0 Å². The highest BCUT2D eigenvalue weighted by atomic mass is 35.5. The Morgan fingerprint density at radius 3 is 1.53 bits per heavy atom. The van der Waals surface area contributed by atoms with Gasteiger partial charge < -0.3 is 0 Å². The molecule has 0 unspecified atom stereocenters. The summed E-state index contributed by atoms with van der Waals surface area (Å²) in [7, 11) is -2.41. The van der Waals surface area contributed by atoms with Crippen LogP contribution in [-0.4, -0.2) is 17.5 Å². The molecule has 1 N–H and O–H groups in total. The lowest BCUT2D eigenvalue weighted by Gasteiger charge is -2.29. The minimum Gasteiger partial charge on any atom is -0.292 e. The molecule has 4 aromatic rings. The second kappa shape index (κ2) is 12.0. The number of benzene rings is 4. The number of halogens is 1. The number of carbonyl (C=O) groups is 1. The van der Waals surface area contributed by atoms with Crippen LogP contribution in [0.2, 0.25) is 0 Å². The molecule has 0 heterocycles. The van der Waals surface area contributed by atoms with E-state index in [-0.39, 0.29) is 5.91 Å². The molecule has 4 rings (SSSR count). The second-order valence-electron chi connectivity index (χ2n) is 7.56. The summed E-state index contributed by atoms with van der Waals surface area (Å²) in [4.78, 5) is 13.5. The number of rotatable bonds is 9. The molecule has 0 fully saturated rings. The van der Waals surface area contributed by atoms with Crippen molar-refractivity contribution in [3.05, 3.63) is 138 Å². The average Bonchev–Trinajstić information content (AvgIpc) is 2.91. The predicted octanol–water partition coefficient (Wildman–Crippen LogP) is 6.18. The summed E-state index contributed by atoms with van der Waals surface area (Å²) in [5.41, 5.74) is 1.53. The maximum absolute atomic E-state index is 13.5. The molecule has 0 aliphatic carbocycles. The van der Waals surface area contributed by atoms with E-state index in [0.29, 0.717) is 11.4 Å². The summed E-state index contributed by atoms with van der Waals surface area (Å²) in [5, 5.41) is 8.97. The normalized spacial score (nSPS) is 11.7. The largest absolute Gasteiger partial charge is 0.292 e. The lowest BCUT2D eigenvalue weighted by molar-refractivity contribution is 0.0968. The maximum Gasteiger partial charge on any atom is 0.258 e. The molecule has 2 nitrogen and oxygen atoms in total. The average molecular weight is 503 g/mol. The van der Waals surface area contributed by atoms with Crippen molar-refractivity contribution in [2.24, 2.45) is 0 Å². The van der Waals surface area contributed by atoms with Crippen molar-refractivity contribution >= 4 is 52.4 Å². The molecule has 1 amide bonds. The zero-order chi connectivity index (χ0) is 23.6. The Balaban J connectivity index is 1.98. The van der Waals surface area contributed by atoms with Gasteiger partial charge in [0.2, 0.25) is 0 Å². The fraction of sp³-hybridized carbons (Fsp3) is 0.0690. The molecule has 0 aromatic heterocycles. The second-order valence-corrected chi connectivity index (χ2v) is 12.3. The monoisotopic (exact) mass is 502 g/mol. The summed E-state index contributed by atoms with van der Waals surface area (Å²) < 4.78 is 0. The minimum atomic E-state index is -2.41. The standard InChI is InChI=1S/C29H25ClNOPS/c30-21-22-34-23-28(31-29(32)24-13-5-1-6-14-24)33(25-15-7-2-8-16-25,26-17-9-3-10-18-26)27-19-11-4-12-20-27/h1-20,23H,21-22H2/p+1. The lowest BCUT2D eigenvalue weighted by atomic mass is 10.2. The van der Waals surface area contributed by atoms with Crippen LogP contribution < -0.4 is 21.2 Å². The maximum atomic E-state index is 13.5. The van der Waals surface area contributed by atoms with E-state index in [4.69, 9.17) is 11.6 Å². The zero-order valence-electron chi connectivity index (χ0n) is 18.7. The van der Waals surface area contributed by atoms with E-state index >= 15 is 0 Å². The first kappa shape index (κ1) is 24.3. The number of hydrogen-bond acceptors (Lipinski definition) is 2. The third-order valence-corrected chi connectivity index (χ3v) is 11.1. The number of alkyl halides is 1. The molecule has 5 heteroatoms. The number of amides is 1. The van der Waals surface area contributed by atoms with Crippen LogP contribution in [0, 0.1) is 0 Å². The third-order valence-electron chi connectivity index (χ3n) is 5.46. The molecular weight excluding hydrogens is 477 g/mol. The molecule has 0 bridgehead atoms. The van der Waals surface area contributed by atoms with E-state index < -0.39 is 7.26 Å². The number of hydrogen-bond donors (Lipinski definition) is 1. The Morgan fingerprint density at radius 2 is 1.12 bits per heavy atom. The fourth-order valence-corrected chi connectivity index (χ4v) is 9.38. The molecule has 0 saturated heterocycles. The quantitative estimate of drug-likeness (QED) is 0.168. The van der Waals surface area contributed by atoms with Crippen LogP contribution in [0.15, 0.2) is 132 Å². The predicted molar refractivity (Wildman–Crippen MR) is 150 cm³/mol. The van der Waals surface area contributed by atoms with Crippen molar-refractivity contribution in [2.75, 3.05) is 11.6 Å². The Labute approximate surface area is 211 Å². The Morgan fingerprint density at radius 1 is 0.706 bits per heavy atom. The van der Waals surface area contributed by atoms with Crippen LogP contribution in [0.5, 0.6) is 0 Å². The van der Waals surface area contributed by atoms with Crippen LogP contribution >= 0.6 is 30.6 Å². The van der Waals surface area contributed by atoms with Crippen LogP contribution in [0.25, 0.3) is 0 Å². The summed E-state index contributed by atoms with van der Waals surface area (Å²) in [6, 6.07) is 40.9. The van der Waals surface area contributed by atoms with E-state index in [2.05, 4.69) is 83.5 Å². The molecule has 0 aliphatic heterocycles. The molecule has 0 saturated carbocycles. The van der Waals surface area contributed by atoms with Gasteiger partial charge in [0.15, 0.2) is 12.7 Å². The molecule has 0 atom stereocenters. The van der Waals surface area contributed by atoms with Crippen LogP contribution in [0.3, 0.4) is 0 Å². The molecule has 170 valence electrons. The van der Waals surface area contributed by atoms with E-state index in [9.17, 15) is 4.79 Å². The first-order valence-electron chi connectivity index (χ1n) is 11.1. The van der Waals surface area contributed by atoms with E-state index in [0.717, 1.165) is 11.2 Å². The number of nitrogens with one attached hydrogen (secondary N) is 1. The van der Waals surface area contributed by atoms with Crippen molar-refractivity contribution in [3.8, 4) is 0 Å². The van der Waals surface area contributed by atoms with Crippen molar-refractivity contribution in [1.29, 1.82) is 0 Å². The minimum absolute atomic E-state index is 0.120. The first-order chi connectivity index (χ1) is 16.8. The third kappa shape index (κ3) is 5.28. The van der Waals surface area contributed by atoms with Gasteiger partial charge in [-0.3, -0.25) is 10.1 Å². The van der Waals surface area contributed by atoms with E-state index in [1.165, 1.54) is 15.9 Å². The molecule has 0 radical (unpaired) electrons. The van der Waals surface area contributed by atoms with Crippen LogP contribution in [0.4, 0.5) is 0 Å². The van der Waals surface area contributed by atoms with Crippen molar-refractivity contribution in [3.63, 3.8) is 0 Å². The number of carbonyl (C=O) groups excluding carboxylic acids is 1. The van der Waals surface area contributed by atoms with E-state index in [1.54, 1.807) is 11.8 Å². The fourth-order valence-electron chi connectivity index (χ4n) is 3.97. The van der Waals surface area contributed by atoms with Crippen molar-refractivity contribution < 1.29 is 4.79 Å². The van der Waals surface area contributed by atoms with Gasteiger partial charge in [0, 0.05) is 22.6 Å². The lowest BCUT2D eigenvalue weighted by Crippen LogP contribution is -2.38. The summed E-state index contributed by atoms with van der Waals surface area (Å²) >= 11 is 7.65. The highest BCUT2D eigenvalue weighted by Gasteiger charge is 2.50. The van der Waals surface area contributed by atoms with Gasteiger partial charge in [-0.05, 0) is 48.5 Å². The van der Waals surface area contributed by atoms with Crippen molar-refractivity contribution in [2.45, 2.75) is 0 Å². The van der Waals surface area contributed by atoms with Gasteiger partial charge in [-0.2, -0.15) is 0 Å². The first-order valence-corrected chi connectivity index (χ1v) is 14.4. The molecule has 0 aliphatic rings. The van der Waals surface area contributed by atoms with E-state index in [1.807, 2.05) is 48.5 Å². The summed E-state index contributed by atoms with van der Waals surface area (Å²) in [5.74, 6) is 1.17. The van der Waals surface area contributed by atoms with Gasteiger partial charge in [-0.25, -0.2) is 0 Å². The molecule has 4 aromatic carbocycles. The van der Waals surface area contributed by atoms with Gasteiger partial charge in [-0.15, -0.1) is 23.4 Å². The smallest absolute Gasteiger partial charge is 0.258 e. The zero-order valence-corrected chi connectivity index (χ0v) is 21.1. The number of thioether (sulfide) groups is 1. The molecule has 34 heavy (non-hydrogen) atoms. The van der Waals surface area contributed by atoms with Gasteiger partial charge in [0.05, 0.1) is 0 Å². The van der Waals surface area contributed by atoms with Gasteiger partial charge in [0.25, 0.3) is 5.91 Å².